The minimum absolute atomic E-state index is 0. The third kappa shape index (κ3) is 46.6. The highest BCUT2D eigenvalue weighted by molar-refractivity contribution is 4.50. The summed E-state index contributed by atoms with van der Waals surface area (Å²) < 4.78 is 2.48. The van der Waals surface area contributed by atoms with Crippen molar-refractivity contribution in [3.63, 3.8) is 0 Å². The van der Waals surface area contributed by atoms with Crippen molar-refractivity contribution in [3.8, 4) is 0 Å². The lowest BCUT2D eigenvalue weighted by Gasteiger charge is -2.30. The Balaban J connectivity index is -0.000000369. The molecule has 0 saturated carbocycles. The van der Waals surface area contributed by atoms with E-state index in [0.29, 0.717) is 0 Å². The van der Waals surface area contributed by atoms with Gasteiger partial charge in [-0.25, -0.2) is 0 Å². The number of halogens is 2. The van der Waals surface area contributed by atoms with Gasteiger partial charge in [0, 0.05) is 0 Å². The van der Waals surface area contributed by atoms with E-state index in [9.17, 15) is 0 Å². The summed E-state index contributed by atoms with van der Waals surface area (Å²) in [6.45, 7) is 14.7. The fourth-order valence-electron chi connectivity index (χ4n) is 6.56. The van der Waals surface area contributed by atoms with E-state index in [1.165, 1.54) is 228 Å². The molecule has 46 heavy (non-hydrogen) atoms. The molecular formula is C42H92Cl2N2. The number of nitrogens with zero attached hydrogens (tertiary/aromatic N) is 2. The second kappa shape index (κ2) is 41.7. The summed E-state index contributed by atoms with van der Waals surface area (Å²) in [7, 11) is 9.71. The van der Waals surface area contributed by atoms with E-state index in [0.717, 1.165) is 0 Å². The van der Waals surface area contributed by atoms with E-state index in [2.05, 4.69) is 55.9 Å². The Bertz CT molecular complexity index is 502. The first-order valence-corrected chi connectivity index (χ1v) is 20.9. The van der Waals surface area contributed by atoms with Crippen LogP contribution in [0.15, 0.2) is 0 Å². The molecule has 4 heteroatoms. The molecule has 0 heterocycles. The maximum Gasteiger partial charge on any atom is 0.0782 e. The molecule has 0 aromatic carbocycles. The minimum atomic E-state index is 0. The van der Waals surface area contributed by atoms with E-state index >= 15 is 0 Å². The summed E-state index contributed by atoms with van der Waals surface area (Å²) in [5.74, 6) is 0. The highest BCUT2D eigenvalue weighted by Crippen LogP contribution is 2.14. The topological polar surface area (TPSA) is 0 Å². The predicted octanol–water partition coefficient (Wildman–Crippen LogP) is 7.92. The van der Waals surface area contributed by atoms with Crippen molar-refractivity contribution in [2.45, 2.75) is 220 Å². The molecule has 0 atom stereocenters. The normalized spacial score (nSPS) is 11.5. The Morgan fingerprint density at radius 1 is 0.217 bits per heavy atom. The second-order valence-corrected chi connectivity index (χ2v) is 16.0. The van der Waals surface area contributed by atoms with Crippen LogP contribution in [0.3, 0.4) is 0 Å². The number of hydrogen-bond donors (Lipinski definition) is 0. The molecule has 0 aliphatic carbocycles. The van der Waals surface area contributed by atoms with Gasteiger partial charge >= 0.3 is 0 Å². The van der Waals surface area contributed by atoms with Crippen LogP contribution in [-0.4, -0.2) is 63.3 Å². The molecule has 0 N–H and O–H groups in total. The van der Waals surface area contributed by atoms with Crippen LogP contribution in [0.1, 0.15) is 220 Å². The summed E-state index contributed by atoms with van der Waals surface area (Å²) >= 11 is 0. The highest BCUT2D eigenvalue weighted by atomic mass is 35.5. The lowest BCUT2D eigenvalue weighted by atomic mass is 10.1. The molecule has 0 aliphatic rings. The zero-order valence-corrected chi connectivity index (χ0v) is 35.2. The van der Waals surface area contributed by atoms with Crippen LogP contribution in [0.2, 0.25) is 0 Å². The SMILES string of the molecule is CCCCCCCCCC[N+](C)(C)CCCCCCCC.CCCCCCCCCC[N+](C)(C)CCCCCCCCCC.[Cl-].[Cl-]. The summed E-state index contributed by atoms with van der Waals surface area (Å²) in [5, 5.41) is 0. The molecule has 0 rings (SSSR count). The molecule has 0 spiro atoms. The number of hydrogen-bond acceptors (Lipinski definition) is 0. The fraction of sp³-hybridized carbons (Fsp3) is 1.00. The molecule has 0 amide bonds. The largest absolute Gasteiger partial charge is 1.00 e. The molecule has 0 fully saturated rings. The average molecular weight is 696 g/mol. The molecule has 0 saturated heterocycles. The van der Waals surface area contributed by atoms with E-state index in [1.807, 2.05) is 0 Å². The van der Waals surface area contributed by atoms with Crippen LogP contribution >= 0.6 is 0 Å². The Morgan fingerprint density at radius 2 is 0.348 bits per heavy atom. The Morgan fingerprint density at radius 3 is 0.500 bits per heavy atom. The zero-order valence-electron chi connectivity index (χ0n) is 33.7. The van der Waals surface area contributed by atoms with Gasteiger partial charge in [-0.1, -0.05) is 169 Å². The fourth-order valence-corrected chi connectivity index (χ4v) is 6.56. The first-order valence-electron chi connectivity index (χ1n) is 20.9. The summed E-state index contributed by atoms with van der Waals surface area (Å²) in [6, 6.07) is 0. The van der Waals surface area contributed by atoms with Crippen molar-refractivity contribution in [1.82, 2.24) is 0 Å². The first kappa shape index (κ1) is 53.3. The van der Waals surface area contributed by atoms with Gasteiger partial charge in [-0.05, 0) is 51.4 Å². The number of rotatable bonds is 34. The maximum atomic E-state index is 2.43. The Hall–Kier alpha value is 0.500. The molecule has 0 bridgehead atoms. The third-order valence-electron chi connectivity index (χ3n) is 9.97. The van der Waals surface area contributed by atoms with Crippen molar-refractivity contribution in [1.29, 1.82) is 0 Å². The van der Waals surface area contributed by atoms with Crippen LogP contribution in [0.25, 0.3) is 0 Å². The van der Waals surface area contributed by atoms with E-state index in [-0.39, 0.29) is 24.8 Å². The van der Waals surface area contributed by atoms with Gasteiger partial charge in [-0.15, -0.1) is 0 Å². The van der Waals surface area contributed by atoms with Crippen LogP contribution in [0.4, 0.5) is 0 Å². The predicted molar refractivity (Wildman–Crippen MR) is 205 cm³/mol. The summed E-state index contributed by atoms with van der Waals surface area (Å²) in [4.78, 5) is 0. The van der Waals surface area contributed by atoms with Gasteiger partial charge in [-0.2, -0.15) is 0 Å². The van der Waals surface area contributed by atoms with Crippen molar-refractivity contribution >= 4 is 0 Å². The van der Waals surface area contributed by atoms with Gasteiger partial charge in [0.25, 0.3) is 0 Å². The lowest BCUT2D eigenvalue weighted by molar-refractivity contribution is -0.890. The Kier molecular flexibility index (Phi) is 48.3. The van der Waals surface area contributed by atoms with Gasteiger partial charge in [-0.3, -0.25) is 0 Å². The van der Waals surface area contributed by atoms with Gasteiger partial charge in [0.05, 0.1) is 54.4 Å². The molecule has 284 valence electrons. The van der Waals surface area contributed by atoms with Gasteiger partial charge in [0.1, 0.15) is 0 Å². The maximum absolute atomic E-state index is 2.43. The van der Waals surface area contributed by atoms with Gasteiger partial charge in [0.2, 0.25) is 0 Å². The van der Waals surface area contributed by atoms with Crippen LogP contribution in [0.5, 0.6) is 0 Å². The van der Waals surface area contributed by atoms with E-state index in [1.54, 1.807) is 0 Å². The minimum Gasteiger partial charge on any atom is -1.00 e. The Labute approximate surface area is 307 Å². The summed E-state index contributed by atoms with van der Waals surface area (Å²) in [5.41, 5.74) is 0. The molecule has 0 aromatic rings. The molecule has 0 unspecified atom stereocenters. The van der Waals surface area contributed by atoms with Crippen molar-refractivity contribution < 1.29 is 33.8 Å². The first-order chi connectivity index (χ1) is 21.2. The third-order valence-corrected chi connectivity index (χ3v) is 9.97. The van der Waals surface area contributed by atoms with Crippen molar-refractivity contribution in [2.75, 3.05) is 54.4 Å². The molecular weight excluding hydrogens is 603 g/mol. The summed E-state index contributed by atoms with van der Waals surface area (Å²) in [6.07, 6.45) is 43.1. The number of unbranched alkanes of at least 4 members (excludes halogenated alkanes) is 26. The smallest absolute Gasteiger partial charge is 0.0782 e. The standard InChI is InChI=1S/C22H48N.C20H44N.2ClH/c1-5-7-9-11-13-15-17-19-21-23(3,4)22-20-18-16-14-12-10-8-6-2;1-5-7-9-11-13-14-16-18-20-21(3,4)19-17-15-12-10-8-6-2;;/h5-22H2,1-4H3;5-20H2,1-4H3;2*1H/q2*+1;;/p-2. The molecule has 0 aromatic heterocycles. The van der Waals surface area contributed by atoms with Crippen LogP contribution in [0, 0.1) is 0 Å². The van der Waals surface area contributed by atoms with Gasteiger partial charge < -0.3 is 33.8 Å². The molecule has 2 nitrogen and oxygen atoms in total. The molecule has 0 radical (unpaired) electrons. The quantitative estimate of drug-likeness (QED) is 0.0474. The van der Waals surface area contributed by atoms with Crippen LogP contribution in [-0.2, 0) is 0 Å². The monoisotopic (exact) mass is 695 g/mol. The van der Waals surface area contributed by atoms with Crippen LogP contribution < -0.4 is 24.8 Å². The average Bonchev–Trinajstić information content (AvgIpc) is 2.99. The van der Waals surface area contributed by atoms with E-state index < -0.39 is 0 Å². The lowest BCUT2D eigenvalue weighted by Crippen LogP contribution is -3.00. The van der Waals surface area contributed by atoms with Crippen molar-refractivity contribution in [3.05, 3.63) is 0 Å². The second-order valence-electron chi connectivity index (χ2n) is 16.0. The van der Waals surface area contributed by atoms with Crippen molar-refractivity contribution in [2.24, 2.45) is 0 Å². The number of quaternary nitrogens is 2. The highest BCUT2D eigenvalue weighted by Gasteiger charge is 2.14. The zero-order chi connectivity index (χ0) is 33.0. The van der Waals surface area contributed by atoms with E-state index in [4.69, 9.17) is 0 Å². The molecule has 0 aliphatic heterocycles. The van der Waals surface area contributed by atoms with Gasteiger partial charge in [0.15, 0.2) is 0 Å².